The maximum Gasteiger partial charge on any atom is 0.261 e. The molecule has 0 unspecified atom stereocenters. The van der Waals surface area contributed by atoms with Crippen LogP contribution in [0.4, 0.5) is 5.69 Å². The summed E-state index contributed by atoms with van der Waals surface area (Å²) in [5.41, 5.74) is 3.84. The van der Waals surface area contributed by atoms with Gasteiger partial charge in [0.1, 0.15) is 11.3 Å². The summed E-state index contributed by atoms with van der Waals surface area (Å²) in [6.07, 6.45) is 5.13. The first-order valence-electron chi connectivity index (χ1n) is 11.0. The summed E-state index contributed by atoms with van der Waals surface area (Å²) in [6.45, 7) is 4.31. The zero-order valence-corrected chi connectivity index (χ0v) is 18.8. The Morgan fingerprint density at radius 1 is 0.935 bits per heavy atom. The molecule has 1 heterocycles. The topological polar surface area (TPSA) is 59.3 Å². The van der Waals surface area contributed by atoms with Gasteiger partial charge < -0.3 is 4.42 Å². The van der Waals surface area contributed by atoms with Gasteiger partial charge in [0, 0.05) is 28.1 Å². The van der Waals surface area contributed by atoms with E-state index in [0.29, 0.717) is 11.6 Å². The number of sulfonamides is 1. The standard InChI is InChI=1S/C26H27NO3S/c1-17(2)15-18-11-13-19(14-12-18)31(28,29)27-24-16-23-21-8-5-6-10-25(21)30-26(23)22-9-4-3-7-20(22)24/h3-4,7,9,11-14,16-17,27H,5-6,8,10,15H2,1-2H3. The number of anilines is 1. The molecule has 0 spiro atoms. The van der Waals surface area contributed by atoms with Crippen molar-refractivity contribution in [3.8, 4) is 0 Å². The predicted molar refractivity (Wildman–Crippen MR) is 126 cm³/mol. The Balaban J connectivity index is 1.59. The molecule has 4 nitrogen and oxygen atoms in total. The van der Waals surface area contributed by atoms with Crippen LogP contribution in [0.15, 0.2) is 63.9 Å². The molecule has 1 aliphatic rings. The van der Waals surface area contributed by atoms with Crippen LogP contribution in [0.25, 0.3) is 21.7 Å². The second-order valence-electron chi connectivity index (χ2n) is 8.90. The summed E-state index contributed by atoms with van der Waals surface area (Å²) in [6, 6.07) is 17.0. The average Bonchev–Trinajstić information content (AvgIpc) is 3.12. The first-order valence-corrected chi connectivity index (χ1v) is 12.5. The highest BCUT2D eigenvalue weighted by Crippen LogP contribution is 2.39. The molecule has 4 aromatic rings. The van der Waals surface area contributed by atoms with Crippen LogP contribution in [0.3, 0.4) is 0 Å². The van der Waals surface area contributed by atoms with Gasteiger partial charge in [-0.15, -0.1) is 0 Å². The lowest BCUT2D eigenvalue weighted by molar-refractivity contribution is 0.507. The Morgan fingerprint density at radius 2 is 1.65 bits per heavy atom. The Labute approximate surface area is 183 Å². The van der Waals surface area contributed by atoms with Crippen LogP contribution in [0.1, 0.15) is 43.6 Å². The lowest BCUT2D eigenvalue weighted by atomic mass is 9.94. The van der Waals surface area contributed by atoms with Crippen LogP contribution in [-0.4, -0.2) is 8.42 Å². The van der Waals surface area contributed by atoms with Crippen molar-refractivity contribution in [1.29, 1.82) is 0 Å². The third-order valence-corrected chi connectivity index (χ3v) is 7.47. The van der Waals surface area contributed by atoms with E-state index < -0.39 is 10.0 Å². The van der Waals surface area contributed by atoms with Gasteiger partial charge in [-0.1, -0.05) is 50.2 Å². The molecule has 5 rings (SSSR count). The normalized spacial score (nSPS) is 14.3. The van der Waals surface area contributed by atoms with Crippen LogP contribution < -0.4 is 4.72 Å². The van der Waals surface area contributed by atoms with Crippen LogP contribution in [0.2, 0.25) is 0 Å². The molecular weight excluding hydrogens is 406 g/mol. The zero-order valence-electron chi connectivity index (χ0n) is 17.9. The number of hydrogen-bond acceptors (Lipinski definition) is 3. The fourth-order valence-electron chi connectivity index (χ4n) is 4.65. The van der Waals surface area contributed by atoms with Crippen molar-refractivity contribution in [3.05, 3.63) is 71.5 Å². The van der Waals surface area contributed by atoms with Gasteiger partial charge in [0.05, 0.1) is 10.6 Å². The molecule has 0 aliphatic heterocycles. The Bertz CT molecular complexity index is 1370. The van der Waals surface area contributed by atoms with E-state index in [9.17, 15) is 8.42 Å². The first kappa shape index (κ1) is 20.1. The van der Waals surface area contributed by atoms with Crippen LogP contribution in [0.5, 0.6) is 0 Å². The molecule has 0 bridgehead atoms. The van der Waals surface area contributed by atoms with Gasteiger partial charge in [0.2, 0.25) is 0 Å². The third kappa shape index (κ3) is 3.72. The summed E-state index contributed by atoms with van der Waals surface area (Å²) in [5, 5.41) is 2.82. The monoisotopic (exact) mass is 433 g/mol. The molecule has 0 amide bonds. The Morgan fingerprint density at radius 3 is 2.39 bits per heavy atom. The van der Waals surface area contributed by atoms with Crippen molar-refractivity contribution >= 4 is 37.5 Å². The van der Waals surface area contributed by atoms with E-state index in [-0.39, 0.29) is 4.90 Å². The molecule has 0 atom stereocenters. The van der Waals surface area contributed by atoms with Crippen molar-refractivity contribution in [2.75, 3.05) is 4.72 Å². The smallest absolute Gasteiger partial charge is 0.261 e. The van der Waals surface area contributed by atoms with Crippen LogP contribution >= 0.6 is 0 Å². The second-order valence-corrected chi connectivity index (χ2v) is 10.6. The zero-order chi connectivity index (χ0) is 21.6. The van der Waals surface area contributed by atoms with Crippen LogP contribution in [0, 0.1) is 5.92 Å². The number of benzene rings is 3. The minimum Gasteiger partial charge on any atom is -0.460 e. The maximum absolute atomic E-state index is 13.2. The van der Waals surface area contributed by atoms with Gasteiger partial charge >= 0.3 is 0 Å². The highest BCUT2D eigenvalue weighted by atomic mass is 32.2. The number of fused-ring (bicyclic) bond motifs is 5. The van der Waals surface area contributed by atoms with Crippen molar-refractivity contribution in [3.63, 3.8) is 0 Å². The molecule has 5 heteroatoms. The molecule has 0 fully saturated rings. The Kier molecular flexibility index (Phi) is 5.01. The summed E-state index contributed by atoms with van der Waals surface area (Å²) >= 11 is 0. The molecule has 31 heavy (non-hydrogen) atoms. The Hall–Kier alpha value is -2.79. The molecule has 0 saturated heterocycles. The van der Waals surface area contributed by atoms with E-state index in [1.165, 1.54) is 5.56 Å². The van der Waals surface area contributed by atoms with Gasteiger partial charge in [0.15, 0.2) is 0 Å². The minimum absolute atomic E-state index is 0.276. The fourth-order valence-corrected chi connectivity index (χ4v) is 5.72. The summed E-state index contributed by atoms with van der Waals surface area (Å²) in [5.74, 6) is 1.58. The van der Waals surface area contributed by atoms with E-state index in [1.807, 2.05) is 42.5 Å². The van der Waals surface area contributed by atoms with Crippen molar-refractivity contribution in [2.24, 2.45) is 5.92 Å². The molecule has 1 aromatic heterocycles. The van der Waals surface area contributed by atoms with E-state index in [1.54, 1.807) is 12.1 Å². The quantitative estimate of drug-likeness (QED) is 0.393. The van der Waals surface area contributed by atoms with E-state index in [0.717, 1.165) is 65.2 Å². The van der Waals surface area contributed by atoms with Gasteiger partial charge in [-0.2, -0.15) is 0 Å². The number of nitrogens with one attached hydrogen (secondary N) is 1. The molecule has 1 aliphatic carbocycles. The lowest BCUT2D eigenvalue weighted by Crippen LogP contribution is -2.13. The third-order valence-electron chi connectivity index (χ3n) is 6.08. The summed E-state index contributed by atoms with van der Waals surface area (Å²) < 4.78 is 35.5. The number of furan rings is 1. The molecule has 1 N–H and O–H groups in total. The average molecular weight is 434 g/mol. The largest absolute Gasteiger partial charge is 0.460 e. The summed E-state index contributed by atoms with van der Waals surface area (Å²) in [4.78, 5) is 0.276. The summed E-state index contributed by atoms with van der Waals surface area (Å²) in [7, 11) is -3.70. The predicted octanol–water partition coefficient (Wildman–Crippen LogP) is 6.46. The van der Waals surface area contributed by atoms with Crippen LogP contribution in [-0.2, 0) is 29.3 Å². The molecule has 0 radical (unpaired) electrons. The van der Waals surface area contributed by atoms with Gasteiger partial charge in [-0.05, 0) is 55.4 Å². The SMILES string of the molecule is CC(C)Cc1ccc(S(=O)(=O)Nc2cc3c4c(oc3c3ccccc23)CCCC4)cc1. The van der Waals surface area contributed by atoms with E-state index >= 15 is 0 Å². The number of rotatable bonds is 5. The number of aryl methyl sites for hydroxylation is 2. The minimum atomic E-state index is -3.70. The van der Waals surface area contributed by atoms with Gasteiger partial charge in [-0.3, -0.25) is 4.72 Å². The number of hydrogen-bond donors (Lipinski definition) is 1. The van der Waals surface area contributed by atoms with Gasteiger partial charge in [0.25, 0.3) is 10.0 Å². The van der Waals surface area contributed by atoms with E-state index in [2.05, 4.69) is 18.6 Å². The highest BCUT2D eigenvalue weighted by molar-refractivity contribution is 7.92. The van der Waals surface area contributed by atoms with Crippen molar-refractivity contribution in [2.45, 2.75) is 50.8 Å². The highest BCUT2D eigenvalue weighted by Gasteiger charge is 2.22. The molecule has 160 valence electrons. The molecule has 3 aromatic carbocycles. The molecular formula is C26H27NO3S. The first-order chi connectivity index (χ1) is 14.9. The van der Waals surface area contributed by atoms with Crippen molar-refractivity contribution in [1.82, 2.24) is 0 Å². The van der Waals surface area contributed by atoms with Crippen molar-refractivity contribution < 1.29 is 12.8 Å². The van der Waals surface area contributed by atoms with Gasteiger partial charge in [-0.25, -0.2) is 8.42 Å². The van der Waals surface area contributed by atoms with E-state index in [4.69, 9.17) is 4.42 Å². The molecule has 0 saturated carbocycles. The fraction of sp³-hybridized carbons (Fsp3) is 0.308. The lowest BCUT2D eigenvalue weighted by Gasteiger charge is -2.13. The maximum atomic E-state index is 13.2. The second kappa shape index (κ2) is 7.72.